The lowest BCUT2D eigenvalue weighted by atomic mass is 9.97. The second-order valence-corrected chi connectivity index (χ2v) is 8.70. The van der Waals surface area contributed by atoms with Crippen LogP contribution in [0.15, 0.2) is 47.3 Å². The van der Waals surface area contributed by atoms with Gasteiger partial charge < -0.3 is 15.0 Å². The number of carbonyl (C=O) groups is 2. The minimum atomic E-state index is -0.475. The fourth-order valence-corrected chi connectivity index (χ4v) is 4.40. The smallest absolute Gasteiger partial charge is 0.350 e. The summed E-state index contributed by atoms with van der Waals surface area (Å²) in [5.41, 5.74) is 2.91. The lowest BCUT2D eigenvalue weighted by Crippen LogP contribution is -2.39. The molecule has 0 saturated carbocycles. The zero-order valence-electron chi connectivity index (χ0n) is 19.8. The maximum Gasteiger partial charge on any atom is 0.350 e. The molecular formula is C26H30N4O4. The van der Waals surface area contributed by atoms with Crippen molar-refractivity contribution in [3.63, 3.8) is 0 Å². The Morgan fingerprint density at radius 3 is 2.59 bits per heavy atom. The van der Waals surface area contributed by atoms with Crippen molar-refractivity contribution in [1.82, 2.24) is 9.55 Å². The molecule has 178 valence electrons. The summed E-state index contributed by atoms with van der Waals surface area (Å²) >= 11 is 0. The monoisotopic (exact) mass is 462 g/mol. The standard InChI is InChI=1S/C26H30N4O4/c1-4-34-25(32)19-11-13-29(14-12-19)24-20-7-5-6-8-22(20)30(26(33)28-24)16-23(31)27-21-15-17(2)9-10-18(21)3/h5-10,15,19H,4,11-14,16H2,1-3H3,(H,27,31). The average Bonchev–Trinajstić information content (AvgIpc) is 2.83. The second-order valence-electron chi connectivity index (χ2n) is 8.70. The van der Waals surface area contributed by atoms with Crippen molar-refractivity contribution in [3.8, 4) is 0 Å². The summed E-state index contributed by atoms with van der Waals surface area (Å²) in [6.07, 6.45) is 1.30. The van der Waals surface area contributed by atoms with Gasteiger partial charge in [-0.2, -0.15) is 4.98 Å². The van der Waals surface area contributed by atoms with Gasteiger partial charge in [0.2, 0.25) is 5.91 Å². The van der Waals surface area contributed by atoms with E-state index in [1.807, 2.05) is 61.2 Å². The summed E-state index contributed by atoms with van der Waals surface area (Å²) < 4.78 is 6.56. The predicted molar refractivity (Wildman–Crippen MR) is 132 cm³/mol. The highest BCUT2D eigenvalue weighted by molar-refractivity contribution is 5.94. The Labute approximate surface area is 198 Å². The van der Waals surface area contributed by atoms with Crippen molar-refractivity contribution in [3.05, 3.63) is 64.1 Å². The van der Waals surface area contributed by atoms with Crippen LogP contribution in [0.5, 0.6) is 0 Å². The number of ether oxygens (including phenoxy) is 1. The number of esters is 1. The molecule has 1 aromatic heterocycles. The first-order valence-corrected chi connectivity index (χ1v) is 11.7. The number of carbonyl (C=O) groups excluding carboxylic acids is 2. The third kappa shape index (κ3) is 4.95. The maximum absolute atomic E-state index is 13.0. The van der Waals surface area contributed by atoms with E-state index in [1.165, 1.54) is 4.57 Å². The largest absolute Gasteiger partial charge is 0.466 e. The van der Waals surface area contributed by atoms with Gasteiger partial charge in [0.05, 0.1) is 18.0 Å². The molecule has 0 bridgehead atoms. The van der Waals surface area contributed by atoms with Crippen LogP contribution in [-0.4, -0.2) is 41.1 Å². The third-order valence-electron chi connectivity index (χ3n) is 6.25. The highest BCUT2D eigenvalue weighted by atomic mass is 16.5. The lowest BCUT2D eigenvalue weighted by Gasteiger charge is -2.32. The van der Waals surface area contributed by atoms with E-state index in [9.17, 15) is 14.4 Å². The van der Waals surface area contributed by atoms with Crippen molar-refractivity contribution in [2.75, 3.05) is 29.9 Å². The van der Waals surface area contributed by atoms with E-state index in [4.69, 9.17) is 4.74 Å². The highest BCUT2D eigenvalue weighted by Gasteiger charge is 2.28. The first-order chi connectivity index (χ1) is 16.4. The Hall–Kier alpha value is -3.68. The molecule has 8 nitrogen and oxygen atoms in total. The van der Waals surface area contributed by atoms with Gasteiger partial charge in [-0.15, -0.1) is 0 Å². The summed E-state index contributed by atoms with van der Waals surface area (Å²) in [5, 5.41) is 3.72. The Kier molecular flexibility index (Phi) is 6.95. The van der Waals surface area contributed by atoms with Crippen molar-refractivity contribution in [2.45, 2.75) is 40.2 Å². The first-order valence-electron chi connectivity index (χ1n) is 11.7. The number of benzene rings is 2. The number of aryl methyl sites for hydroxylation is 2. The van der Waals surface area contributed by atoms with Crippen LogP contribution < -0.4 is 15.9 Å². The molecule has 1 aliphatic rings. The summed E-state index contributed by atoms with van der Waals surface area (Å²) in [6.45, 7) is 7.16. The molecule has 0 unspecified atom stereocenters. The molecule has 2 heterocycles. The summed E-state index contributed by atoms with van der Waals surface area (Å²) in [5.74, 6) is 0.0155. The second kappa shape index (κ2) is 10.1. The molecule has 3 aromatic rings. The van der Waals surface area contributed by atoms with E-state index in [0.717, 1.165) is 22.2 Å². The average molecular weight is 463 g/mol. The number of fused-ring (bicyclic) bond motifs is 1. The van der Waals surface area contributed by atoms with Crippen molar-refractivity contribution < 1.29 is 14.3 Å². The third-order valence-corrected chi connectivity index (χ3v) is 6.25. The van der Waals surface area contributed by atoms with Gasteiger partial charge in [-0.3, -0.25) is 14.2 Å². The number of nitrogens with one attached hydrogen (secondary N) is 1. The van der Waals surface area contributed by atoms with Gasteiger partial charge in [0.1, 0.15) is 12.4 Å². The molecule has 1 fully saturated rings. The number of hydrogen-bond donors (Lipinski definition) is 1. The van der Waals surface area contributed by atoms with E-state index in [0.29, 0.717) is 43.9 Å². The molecule has 4 rings (SSSR count). The van der Waals surface area contributed by atoms with Gasteiger partial charge in [0.25, 0.3) is 0 Å². The Balaban J connectivity index is 1.58. The zero-order chi connectivity index (χ0) is 24.2. The van der Waals surface area contributed by atoms with Crippen LogP contribution in [0, 0.1) is 19.8 Å². The molecule has 8 heteroatoms. The number of nitrogens with zero attached hydrogens (tertiary/aromatic N) is 3. The van der Waals surface area contributed by atoms with E-state index in [2.05, 4.69) is 10.3 Å². The number of hydrogen-bond acceptors (Lipinski definition) is 6. The van der Waals surface area contributed by atoms with Gasteiger partial charge in [-0.25, -0.2) is 4.79 Å². The van der Waals surface area contributed by atoms with Crippen molar-refractivity contribution in [2.24, 2.45) is 5.92 Å². The fraction of sp³-hybridized carbons (Fsp3) is 0.385. The Morgan fingerprint density at radius 1 is 1.12 bits per heavy atom. The Morgan fingerprint density at radius 2 is 1.85 bits per heavy atom. The van der Waals surface area contributed by atoms with E-state index < -0.39 is 5.69 Å². The molecule has 0 radical (unpaired) electrons. The van der Waals surface area contributed by atoms with E-state index in [1.54, 1.807) is 6.92 Å². The molecule has 2 aromatic carbocycles. The van der Waals surface area contributed by atoms with Crippen LogP contribution in [0.3, 0.4) is 0 Å². The molecule has 0 spiro atoms. The topological polar surface area (TPSA) is 93.5 Å². The molecular weight excluding hydrogens is 432 g/mol. The lowest BCUT2D eigenvalue weighted by molar-refractivity contribution is -0.148. The summed E-state index contributed by atoms with van der Waals surface area (Å²) in [7, 11) is 0. The first kappa shape index (κ1) is 23.5. The number of amides is 1. The van der Waals surface area contributed by atoms with Gasteiger partial charge >= 0.3 is 11.7 Å². The highest BCUT2D eigenvalue weighted by Crippen LogP contribution is 2.28. The van der Waals surface area contributed by atoms with Crippen molar-refractivity contribution >= 4 is 34.3 Å². The number of rotatable bonds is 6. The van der Waals surface area contributed by atoms with Crippen LogP contribution in [0.1, 0.15) is 30.9 Å². The summed E-state index contributed by atoms with van der Waals surface area (Å²) in [4.78, 5) is 44.3. The van der Waals surface area contributed by atoms with Gasteiger partial charge in [0.15, 0.2) is 0 Å². The van der Waals surface area contributed by atoms with Crippen LogP contribution in [0.2, 0.25) is 0 Å². The van der Waals surface area contributed by atoms with Gasteiger partial charge in [-0.05, 0) is 62.9 Å². The number of para-hydroxylation sites is 1. The van der Waals surface area contributed by atoms with Crippen LogP contribution in [0.4, 0.5) is 11.5 Å². The van der Waals surface area contributed by atoms with Crippen LogP contribution >= 0.6 is 0 Å². The molecule has 34 heavy (non-hydrogen) atoms. The molecule has 1 saturated heterocycles. The van der Waals surface area contributed by atoms with Crippen molar-refractivity contribution in [1.29, 1.82) is 0 Å². The molecule has 0 aliphatic carbocycles. The predicted octanol–water partition coefficient (Wildman–Crippen LogP) is 3.43. The summed E-state index contributed by atoms with van der Waals surface area (Å²) in [6, 6.07) is 13.3. The van der Waals surface area contributed by atoms with E-state index in [-0.39, 0.29) is 24.3 Å². The van der Waals surface area contributed by atoms with Gasteiger partial charge in [0, 0.05) is 24.2 Å². The normalized spacial score (nSPS) is 14.3. The minimum Gasteiger partial charge on any atom is -0.466 e. The number of aromatic nitrogens is 2. The molecule has 1 amide bonds. The zero-order valence-corrected chi connectivity index (χ0v) is 19.8. The van der Waals surface area contributed by atoms with Gasteiger partial charge in [-0.1, -0.05) is 24.3 Å². The van der Waals surface area contributed by atoms with Crippen LogP contribution in [-0.2, 0) is 20.9 Å². The molecule has 1 N–H and O–H groups in total. The van der Waals surface area contributed by atoms with E-state index >= 15 is 0 Å². The minimum absolute atomic E-state index is 0.128. The quantitative estimate of drug-likeness (QED) is 0.564. The fourth-order valence-electron chi connectivity index (χ4n) is 4.40. The maximum atomic E-state index is 13.0. The number of anilines is 2. The molecule has 0 atom stereocenters. The van der Waals surface area contributed by atoms with Crippen LogP contribution in [0.25, 0.3) is 10.9 Å². The number of piperidine rings is 1. The SMILES string of the molecule is CCOC(=O)C1CCN(c2nc(=O)n(CC(=O)Nc3cc(C)ccc3C)c3ccccc23)CC1. The molecule has 1 aliphatic heterocycles. The Bertz CT molecular complexity index is 1280.